The van der Waals surface area contributed by atoms with Gasteiger partial charge in [-0.3, -0.25) is 4.79 Å². The minimum atomic E-state index is 0.0347. The molecule has 2 aromatic carbocycles. The molecule has 7 heteroatoms. The van der Waals surface area contributed by atoms with E-state index >= 15 is 0 Å². The van der Waals surface area contributed by atoms with E-state index < -0.39 is 0 Å². The third-order valence-corrected chi connectivity index (χ3v) is 7.52. The van der Waals surface area contributed by atoms with Gasteiger partial charge >= 0.3 is 0 Å². The van der Waals surface area contributed by atoms with Gasteiger partial charge in [-0.1, -0.05) is 35.5 Å². The van der Waals surface area contributed by atoms with Crippen LogP contribution < -0.4 is 5.32 Å². The maximum atomic E-state index is 12.9. The monoisotopic (exact) mass is 430 g/mol. The summed E-state index contributed by atoms with van der Waals surface area (Å²) in [6.45, 7) is 3.32. The van der Waals surface area contributed by atoms with E-state index in [1.807, 2.05) is 54.6 Å². The number of nitrogens with one attached hydrogen (secondary N) is 1. The Balaban J connectivity index is 1.23. The molecule has 0 saturated carbocycles. The van der Waals surface area contributed by atoms with Crippen LogP contribution in [0.4, 0.5) is 0 Å². The number of benzene rings is 2. The van der Waals surface area contributed by atoms with E-state index in [-0.39, 0.29) is 11.9 Å². The topological polar surface area (TPSA) is 71.3 Å². The van der Waals surface area contributed by atoms with Gasteiger partial charge in [-0.15, -0.1) is 11.3 Å². The molecule has 6 nitrogen and oxygen atoms in total. The fourth-order valence-corrected chi connectivity index (χ4v) is 5.69. The van der Waals surface area contributed by atoms with Gasteiger partial charge in [-0.25, -0.2) is 0 Å². The molecule has 1 amide bonds. The minimum Gasteiger partial charge on any atom is -0.347 e. The zero-order valence-electron chi connectivity index (χ0n) is 17.0. The average Bonchev–Trinajstić information content (AvgIpc) is 3.48. The highest BCUT2D eigenvalue weighted by atomic mass is 32.1. The molecule has 4 aromatic rings. The smallest absolute Gasteiger partial charge is 0.261 e. The Morgan fingerprint density at radius 3 is 2.68 bits per heavy atom. The lowest BCUT2D eigenvalue weighted by Gasteiger charge is -2.44. The van der Waals surface area contributed by atoms with Gasteiger partial charge in [0, 0.05) is 28.4 Å². The summed E-state index contributed by atoms with van der Waals surface area (Å²) in [5.74, 6) is 1.70. The minimum absolute atomic E-state index is 0.0347. The van der Waals surface area contributed by atoms with Crippen LogP contribution in [-0.4, -0.2) is 46.6 Å². The number of amides is 1. The summed E-state index contributed by atoms with van der Waals surface area (Å²) < 4.78 is 6.49. The summed E-state index contributed by atoms with van der Waals surface area (Å²) in [4.78, 5) is 20.7. The van der Waals surface area contributed by atoms with Gasteiger partial charge in [-0.2, -0.15) is 4.98 Å². The highest BCUT2D eigenvalue weighted by Gasteiger charge is 2.35. The molecular formula is C24H22N4O2S. The van der Waals surface area contributed by atoms with Crippen LogP contribution in [0.5, 0.6) is 0 Å². The Morgan fingerprint density at radius 1 is 1.06 bits per heavy atom. The number of thiophene rings is 1. The third kappa shape index (κ3) is 3.54. The van der Waals surface area contributed by atoms with Crippen molar-refractivity contribution in [3.8, 4) is 22.8 Å². The van der Waals surface area contributed by atoms with E-state index in [1.165, 1.54) is 37.3 Å². The van der Waals surface area contributed by atoms with Crippen LogP contribution >= 0.6 is 11.3 Å². The highest BCUT2D eigenvalue weighted by molar-refractivity contribution is 7.20. The SMILES string of the molecule is O=C(N[C@H]1CN2CCC1CC2)c1cc2ccc(-c3noc(-c4ccccc4)n3)cc2s1. The molecule has 7 rings (SSSR count). The number of aromatic nitrogens is 2. The van der Waals surface area contributed by atoms with Crippen LogP contribution in [-0.2, 0) is 0 Å². The summed E-state index contributed by atoms with van der Waals surface area (Å²) in [5, 5.41) is 8.49. The number of piperidine rings is 3. The quantitative estimate of drug-likeness (QED) is 0.518. The molecule has 1 atom stereocenters. The molecule has 0 aliphatic carbocycles. The molecule has 3 aliphatic heterocycles. The van der Waals surface area contributed by atoms with Crippen molar-refractivity contribution in [1.29, 1.82) is 0 Å². The molecular weight excluding hydrogens is 408 g/mol. The highest BCUT2D eigenvalue weighted by Crippen LogP contribution is 2.32. The van der Waals surface area contributed by atoms with Crippen molar-refractivity contribution in [2.24, 2.45) is 5.92 Å². The van der Waals surface area contributed by atoms with Crippen LogP contribution in [0.2, 0.25) is 0 Å². The van der Waals surface area contributed by atoms with Crippen molar-refractivity contribution in [3.05, 3.63) is 59.5 Å². The molecule has 0 spiro atoms. The summed E-state index contributed by atoms with van der Waals surface area (Å²) >= 11 is 1.51. The van der Waals surface area contributed by atoms with Gasteiger partial charge in [0.15, 0.2) is 0 Å². The lowest BCUT2D eigenvalue weighted by Crippen LogP contribution is -2.57. The Hall–Kier alpha value is -3.03. The molecule has 2 bridgehead atoms. The summed E-state index contributed by atoms with van der Waals surface area (Å²) in [6.07, 6.45) is 2.38. The Bertz CT molecular complexity index is 1240. The summed E-state index contributed by atoms with van der Waals surface area (Å²) in [7, 11) is 0. The Morgan fingerprint density at radius 2 is 1.90 bits per heavy atom. The number of carbonyl (C=O) groups excluding carboxylic acids is 1. The molecule has 3 aliphatic rings. The first kappa shape index (κ1) is 18.7. The second-order valence-electron chi connectivity index (χ2n) is 8.37. The lowest BCUT2D eigenvalue weighted by atomic mass is 9.84. The molecule has 2 aromatic heterocycles. The van der Waals surface area contributed by atoms with E-state index in [9.17, 15) is 4.79 Å². The first-order valence-corrected chi connectivity index (χ1v) is 11.5. The number of rotatable bonds is 4. The largest absolute Gasteiger partial charge is 0.347 e. The van der Waals surface area contributed by atoms with Crippen molar-refractivity contribution in [2.75, 3.05) is 19.6 Å². The van der Waals surface area contributed by atoms with Gasteiger partial charge in [0.25, 0.3) is 11.8 Å². The molecule has 156 valence electrons. The fourth-order valence-electron chi connectivity index (χ4n) is 4.69. The predicted molar refractivity (Wildman–Crippen MR) is 121 cm³/mol. The van der Waals surface area contributed by atoms with Crippen molar-refractivity contribution >= 4 is 27.3 Å². The summed E-state index contributed by atoms with van der Waals surface area (Å²) in [6, 6.07) is 18.0. The molecule has 1 N–H and O–H groups in total. The van der Waals surface area contributed by atoms with Crippen molar-refractivity contribution in [1.82, 2.24) is 20.4 Å². The van der Waals surface area contributed by atoms with E-state index in [4.69, 9.17) is 4.52 Å². The Labute approximate surface area is 183 Å². The first-order chi connectivity index (χ1) is 15.2. The van der Waals surface area contributed by atoms with Gasteiger partial charge in [-0.05, 0) is 61.5 Å². The molecule has 5 heterocycles. The predicted octanol–water partition coefficient (Wildman–Crippen LogP) is 4.44. The maximum absolute atomic E-state index is 12.9. The standard InChI is InChI=1S/C24H22N4O2S/c29-23(25-19-14-28-10-8-15(19)9-11-28)21-12-17-6-7-18(13-20(17)31-21)22-26-24(30-27-22)16-4-2-1-3-5-16/h1-7,12-13,15,19H,8-11,14H2,(H,25,29)/t19-/m0/s1. The lowest BCUT2D eigenvalue weighted by molar-refractivity contribution is 0.0622. The second-order valence-corrected chi connectivity index (χ2v) is 9.45. The number of hydrogen-bond donors (Lipinski definition) is 1. The number of nitrogens with zero attached hydrogens (tertiary/aromatic N) is 3. The molecule has 0 radical (unpaired) electrons. The fraction of sp³-hybridized carbons (Fsp3) is 0.292. The van der Waals surface area contributed by atoms with Crippen LogP contribution in [0, 0.1) is 5.92 Å². The van der Waals surface area contributed by atoms with E-state index in [0.717, 1.165) is 32.6 Å². The van der Waals surface area contributed by atoms with Crippen LogP contribution in [0.3, 0.4) is 0 Å². The van der Waals surface area contributed by atoms with Crippen LogP contribution in [0.15, 0.2) is 59.1 Å². The Kier molecular flexibility index (Phi) is 4.58. The molecule has 0 unspecified atom stereocenters. The number of hydrogen-bond acceptors (Lipinski definition) is 6. The average molecular weight is 431 g/mol. The third-order valence-electron chi connectivity index (χ3n) is 6.42. The summed E-state index contributed by atoms with van der Waals surface area (Å²) in [5.41, 5.74) is 1.77. The van der Waals surface area contributed by atoms with Gasteiger partial charge in [0.2, 0.25) is 5.82 Å². The van der Waals surface area contributed by atoms with E-state index in [0.29, 0.717) is 17.6 Å². The van der Waals surface area contributed by atoms with E-state index in [1.54, 1.807) is 0 Å². The van der Waals surface area contributed by atoms with Crippen molar-refractivity contribution < 1.29 is 9.32 Å². The molecule has 31 heavy (non-hydrogen) atoms. The van der Waals surface area contributed by atoms with Crippen molar-refractivity contribution in [3.63, 3.8) is 0 Å². The van der Waals surface area contributed by atoms with Crippen LogP contribution in [0.1, 0.15) is 22.5 Å². The number of fused-ring (bicyclic) bond motifs is 4. The normalized spacial score (nSPS) is 22.6. The molecule has 3 fully saturated rings. The zero-order valence-corrected chi connectivity index (χ0v) is 17.8. The van der Waals surface area contributed by atoms with Gasteiger partial charge in [0.05, 0.1) is 4.88 Å². The molecule has 3 saturated heterocycles. The van der Waals surface area contributed by atoms with Crippen molar-refractivity contribution in [2.45, 2.75) is 18.9 Å². The second kappa shape index (κ2) is 7.59. The maximum Gasteiger partial charge on any atom is 0.261 e. The van der Waals surface area contributed by atoms with Crippen LogP contribution in [0.25, 0.3) is 32.9 Å². The first-order valence-electron chi connectivity index (χ1n) is 10.7. The van der Waals surface area contributed by atoms with Gasteiger partial charge in [0.1, 0.15) is 0 Å². The number of carbonyl (C=O) groups is 1. The van der Waals surface area contributed by atoms with Gasteiger partial charge < -0.3 is 14.7 Å². The zero-order chi connectivity index (χ0) is 20.8. The van der Waals surface area contributed by atoms with E-state index in [2.05, 4.69) is 20.4 Å².